The van der Waals surface area contributed by atoms with Gasteiger partial charge in [-0.3, -0.25) is 0 Å². The van der Waals surface area contributed by atoms with Gasteiger partial charge < -0.3 is 10.1 Å². The average Bonchev–Trinajstić information content (AvgIpc) is 2.26. The number of carbonyl (C=O) groups excluding carboxylic acids is 2. The third-order valence-electron chi connectivity index (χ3n) is 1.65. The summed E-state index contributed by atoms with van der Waals surface area (Å²) in [6.07, 6.45) is -5.16. The zero-order valence-electron chi connectivity index (χ0n) is 8.45. The number of alkyl halides is 3. The maximum absolute atomic E-state index is 11.7. The van der Waals surface area contributed by atoms with E-state index in [0.717, 1.165) is 0 Å². The minimum atomic E-state index is -5.16. The summed E-state index contributed by atoms with van der Waals surface area (Å²) in [6, 6.07) is 8.30. The van der Waals surface area contributed by atoms with Gasteiger partial charge in [-0.25, -0.2) is 9.59 Å². The van der Waals surface area contributed by atoms with E-state index in [1.807, 2.05) is 0 Å². The third kappa shape index (κ3) is 4.54. The van der Waals surface area contributed by atoms with Crippen molar-refractivity contribution in [3.63, 3.8) is 0 Å². The van der Waals surface area contributed by atoms with Gasteiger partial charge in [0.15, 0.2) is 0 Å². The van der Waals surface area contributed by atoms with E-state index < -0.39 is 24.7 Å². The Morgan fingerprint density at radius 2 is 1.76 bits per heavy atom. The van der Waals surface area contributed by atoms with E-state index in [1.54, 1.807) is 30.3 Å². The van der Waals surface area contributed by atoms with Crippen molar-refractivity contribution in [2.75, 3.05) is 11.9 Å². The van der Waals surface area contributed by atoms with Gasteiger partial charge in [0.2, 0.25) is 0 Å². The van der Waals surface area contributed by atoms with Crippen LogP contribution in [0.15, 0.2) is 30.3 Å². The van der Waals surface area contributed by atoms with Crippen LogP contribution in [0, 0.1) is 0 Å². The fraction of sp³-hybridized carbons (Fsp3) is 0.200. The van der Waals surface area contributed by atoms with Gasteiger partial charge in [0.1, 0.15) is 6.54 Å². The van der Waals surface area contributed by atoms with Gasteiger partial charge in [-0.1, -0.05) is 18.2 Å². The van der Waals surface area contributed by atoms with Crippen LogP contribution in [0.3, 0.4) is 0 Å². The van der Waals surface area contributed by atoms with E-state index in [1.165, 1.54) is 0 Å². The summed E-state index contributed by atoms with van der Waals surface area (Å²) in [6.45, 7) is -0.522. The van der Waals surface area contributed by atoms with Gasteiger partial charge in [-0.2, -0.15) is 13.2 Å². The Balaban J connectivity index is 2.39. The van der Waals surface area contributed by atoms with E-state index in [2.05, 4.69) is 10.1 Å². The lowest BCUT2D eigenvalue weighted by atomic mass is 10.3. The van der Waals surface area contributed by atoms with E-state index >= 15 is 0 Å². The lowest BCUT2D eigenvalue weighted by Crippen LogP contribution is -2.30. The molecule has 0 heterocycles. The van der Waals surface area contributed by atoms with Crippen molar-refractivity contribution in [2.45, 2.75) is 6.18 Å². The molecule has 0 radical (unpaired) electrons. The summed E-state index contributed by atoms with van der Waals surface area (Å²) in [4.78, 5) is 21.2. The fourth-order valence-corrected chi connectivity index (χ4v) is 0.928. The maximum Gasteiger partial charge on any atom is 0.491 e. The lowest BCUT2D eigenvalue weighted by Gasteiger charge is -2.07. The second kappa shape index (κ2) is 5.33. The molecular formula is C10H8F3NO3. The van der Waals surface area contributed by atoms with Crippen LogP contribution in [0.1, 0.15) is 0 Å². The normalized spacial score (nSPS) is 10.8. The van der Waals surface area contributed by atoms with Crippen LogP contribution >= 0.6 is 0 Å². The lowest BCUT2D eigenvalue weighted by molar-refractivity contribution is -0.201. The molecule has 0 unspecified atom stereocenters. The predicted octanol–water partition coefficient (Wildman–Crippen LogP) is 1.73. The van der Waals surface area contributed by atoms with Gasteiger partial charge in [-0.05, 0) is 12.1 Å². The number of hydrogen-bond donors (Lipinski definition) is 1. The highest BCUT2D eigenvalue weighted by Crippen LogP contribution is 2.16. The summed E-state index contributed by atoms with van der Waals surface area (Å²) < 4.78 is 38.7. The van der Waals surface area contributed by atoms with Crippen molar-refractivity contribution in [2.24, 2.45) is 0 Å². The predicted molar refractivity (Wildman–Crippen MR) is 52.1 cm³/mol. The largest absolute Gasteiger partial charge is 0.491 e. The molecule has 7 heteroatoms. The molecule has 0 atom stereocenters. The number of nitrogens with one attached hydrogen (secondary N) is 1. The Bertz CT molecular complexity index is 403. The summed E-state index contributed by atoms with van der Waals surface area (Å²) >= 11 is 0. The zero-order chi connectivity index (χ0) is 12.9. The Labute approximate surface area is 94.4 Å². The molecule has 0 bridgehead atoms. The number of carbonyl (C=O) groups is 2. The molecule has 92 valence electrons. The van der Waals surface area contributed by atoms with Crippen molar-refractivity contribution in [3.05, 3.63) is 30.3 Å². The van der Waals surface area contributed by atoms with Crippen molar-refractivity contribution in [3.8, 4) is 0 Å². The van der Waals surface area contributed by atoms with Crippen LogP contribution in [-0.2, 0) is 14.3 Å². The van der Waals surface area contributed by atoms with E-state index in [-0.39, 0.29) is 0 Å². The van der Waals surface area contributed by atoms with Crippen LogP contribution in [0.2, 0.25) is 0 Å². The summed E-state index contributed by atoms with van der Waals surface area (Å²) in [5.41, 5.74) is 0.531. The van der Waals surface area contributed by atoms with Crippen molar-refractivity contribution in [1.29, 1.82) is 0 Å². The highest BCUT2D eigenvalue weighted by Gasteiger charge is 2.42. The first-order chi connectivity index (χ1) is 7.89. The van der Waals surface area contributed by atoms with Gasteiger partial charge in [-0.15, -0.1) is 0 Å². The Morgan fingerprint density at radius 3 is 2.29 bits per heavy atom. The van der Waals surface area contributed by atoms with Crippen molar-refractivity contribution < 1.29 is 27.5 Å². The molecule has 0 aromatic heterocycles. The van der Waals surface area contributed by atoms with Crippen molar-refractivity contribution >= 4 is 17.6 Å². The Morgan fingerprint density at radius 1 is 1.18 bits per heavy atom. The zero-order valence-corrected chi connectivity index (χ0v) is 8.45. The van der Waals surface area contributed by atoms with Crippen LogP contribution in [0.5, 0.6) is 0 Å². The molecule has 0 aliphatic heterocycles. The number of benzene rings is 1. The van der Waals surface area contributed by atoms with E-state index in [9.17, 15) is 22.8 Å². The van der Waals surface area contributed by atoms with Gasteiger partial charge in [0.05, 0.1) is 0 Å². The minimum Gasteiger partial charge on any atom is -0.385 e. The van der Waals surface area contributed by atoms with Crippen LogP contribution in [0.25, 0.3) is 0 Å². The molecule has 0 aliphatic rings. The molecule has 0 saturated heterocycles. The van der Waals surface area contributed by atoms with Gasteiger partial charge in [0.25, 0.3) is 0 Å². The molecular weight excluding hydrogens is 239 g/mol. The second-order valence-electron chi connectivity index (χ2n) is 2.98. The smallest absolute Gasteiger partial charge is 0.385 e. The SMILES string of the molecule is O=C(CNc1ccccc1)OC(=O)C(F)(F)F. The first kappa shape index (κ1) is 13.0. The summed E-state index contributed by atoms with van der Waals surface area (Å²) in [5, 5.41) is 2.51. The first-order valence-electron chi connectivity index (χ1n) is 4.50. The maximum atomic E-state index is 11.7. The van der Waals surface area contributed by atoms with Crippen LogP contribution in [0.4, 0.5) is 18.9 Å². The molecule has 1 aromatic rings. The summed E-state index contributed by atoms with van der Waals surface area (Å²) in [5.74, 6) is -3.81. The van der Waals surface area contributed by atoms with E-state index in [0.29, 0.717) is 5.69 Å². The average molecular weight is 247 g/mol. The number of para-hydroxylation sites is 1. The molecule has 4 nitrogen and oxygen atoms in total. The highest BCUT2D eigenvalue weighted by atomic mass is 19.4. The fourth-order valence-electron chi connectivity index (χ4n) is 0.928. The molecule has 0 saturated carbocycles. The van der Waals surface area contributed by atoms with E-state index in [4.69, 9.17) is 0 Å². The monoisotopic (exact) mass is 247 g/mol. The number of halogens is 3. The Kier molecular flexibility index (Phi) is 4.08. The quantitative estimate of drug-likeness (QED) is 0.652. The van der Waals surface area contributed by atoms with Gasteiger partial charge >= 0.3 is 18.1 Å². The number of anilines is 1. The number of ether oxygens (including phenoxy) is 1. The molecule has 1 aromatic carbocycles. The number of hydrogen-bond acceptors (Lipinski definition) is 4. The molecule has 0 fully saturated rings. The topological polar surface area (TPSA) is 55.4 Å². The van der Waals surface area contributed by atoms with Crippen molar-refractivity contribution in [1.82, 2.24) is 0 Å². The van der Waals surface area contributed by atoms with Crippen LogP contribution < -0.4 is 5.32 Å². The van der Waals surface area contributed by atoms with Crippen LogP contribution in [-0.4, -0.2) is 24.7 Å². The van der Waals surface area contributed by atoms with Gasteiger partial charge in [0, 0.05) is 5.69 Å². The second-order valence-corrected chi connectivity index (χ2v) is 2.98. The molecule has 1 N–H and O–H groups in total. The molecule has 0 amide bonds. The first-order valence-corrected chi connectivity index (χ1v) is 4.50. The standard InChI is InChI=1S/C10H8F3NO3/c11-10(12,13)9(16)17-8(15)6-14-7-4-2-1-3-5-7/h1-5,14H,6H2. The molecule has 0 spiro atoms. The molecule has 0 aliphatic carbocycles. The Hall–Kier alpha value is -2.05. The summed E-state index contributed by atoms with van der Waals surface area (Å²) in [7, 11) is 0. The number of esters is 2. The third-order valence-corrected chi connectivity index (χ3v) is 1.65. The minimum absolute atomic E-state index is 0.522. The molecule has 17 heavy (non-hydrogen) atoms. The molecule has 1 rings (SSSR count). The highest BCUT2D eigenvalue weighted by molar-refractivity contribution is 5.90. The number of rotatable bonds is 3.